The topological polar surface area (TPSA) is 35.1 Å². The molecular formula is C56H33NO2. The Hall–Kier alpha value is -7.75. The fourth-order valence-corrected chi connectivity index (χ4v) is 10.7. The normalized spacial score (nSPS) is 13.3. The van der Waals surface area contributed by atoms with Gasteiger partial charge in [-0.1, -0.05) is 152 Å². The zero-order chi connectivity index (χ0) is 38.8. The molecule has 0 fully saturated rings. The number of hydrogen-bond acceptors (Lipinski definition) is 2. The first kappa shape index (κ1) is 32.3. The Morgan fingerprint density at radius 3 is 1.71 bits per heavy atom. The number of aromatic nitrogens is 1. The monoisotopic (exact) mass is 751 g/mol. The second kappa shape index (κ2) is 11.9. The Labute approximate surface area is 339 Å². The van der Waals surface area contributed by atoms with Crippen LogP contribution in [0.5, 0.6) is 0 Å². The maximum absolute atomic E-state index is 14.0. The molecule has 11 aromatic rings. The van der Waals surface area contributed by atoms with Crippen LogP contribution >= 0.6 is 0 Å². The predicted molar refractivity (Wildman–Crippen MR) is 241 cm³/mol. The van der Waals surface area contributed by atoms with Crippen LogP contribution in [0.4, 0.5) is 0 Å². The van der Waals surface area contributed by atoms with Crippen LogP contribution in [0, 0.1) is 0 Å². The van der Waals surface area contributed by atoms with Gasteiger partial charge in [0.2, 0.25) is 0 Å². The SMILES string of the molecule is O=c1oc2cc(-c3cccc4c3-c3ccccc3C43c4ccccc4-c4ccccc43)ccc2c2ccc(-c3ccc4c(c3)c3ccccc3n4-c3ccccc3)cc12. The molecule has 1 spiro atoms. The van der Waals surface area contributed by atoms with Crippen LogP contribution in [0.1, 0.15) is 22.3 Å². The minimum absolute atomic E-state index is 0.338. The molecule has 0 atom stereocenters. The molecule has 2 heterocycles. The Kier molecular flexibility index (Phi) is 6.52. The molecule has 0 unspecified atom stereocenters. The lowest BCUT2D eigenvalue weighted by Crippen LogP contribution is -2.25. The van der Waals surface area contributed by atoms with Gasteiger partial charge in [0.15, 0.2) is 0 Å². The molecule has 3 heteroatoms. The lowest BCUT2D eigenvalue weighted by molar-refractivity contribution is 0.570. The molecule has 9 aromatic carbocycles. The maximum atomic E-state index is 14.0. The van der Waals surface area contributed by atoms with Gasteiger partial charge in [0.25, 0.3) is 0 Å². The van der Waals surface area contributed by atoms with E-state index in [9.17, 15) is 4.79 Å². The van der Waals surface area contributed by atoms with Crippen LogP contribution in [0.25, 0.3) is 93.7 Å². The summed E-state index contributed by atoms with van der Waals surface area (Å²) in [6.45, 7) is 0. The fraction of sp³-hybridized carbons (Fsp3) is 0.0179. The van der Waals surface area contributed by atoms with Crippen molar-refractivity contribution in [1.82, 2.24) is 4.57 Å². The average Bonchev–Trinajstić information content (AvgIpc) is 3.91. The summed E-state index contributed by atoms with van der Waals surface area (Å²) in [5.74, 6) is 0. The number of para-hydroxylation sites is 2. The minimum atomic E-state index is -0.421. The summed E-state index contributed by atoms with van der Waals surface area (Å²) in [6, 6.07) is 71.5. The third-order valence-corrected chi connectivity index (χ3v) is 13.1. The summed E-state index contributed by atoms with van der Waals surface area (Å²) in [5, 5.41) is 4.73. The first-order valence-electron chi connectivity index (χ1n) is 20.2. The van der Waals surface area contributed by atoms with Gasteiger partial charge in [-0.25, -0.2) is 4.79 Å². The first-order chi connectivity index (χ1) is 29.2. The van der Waals surface area contributed by atoms with Gasteiger partial charge in [-0.3, -0.25) is 0 Å². The van der Waals surface area contributed by atoms with Crippen molar-refractivity contribution in [3.05, 3.63) is 233 Å². The van der Waals surface area contributed by atoms with Crippen molar-refractivity contribution in [1.29, 1.82) is 0 Å². The third kappa shape index (κ3) is 4.28. The van der Waals surface area contributed by atoms with Crippen molar-refractivity contribution in [3.63, 3.8) is 0 Å². The molecule has 0 saturated carbocycles. The minimum Gasteiger partial charge on any atom is -0.422 e. The summed E-state index contributed by atoms with van der Waals surface area (Å²) in [6.07, 6.45) is 0. The molecule has 2 aliphatic rings. The van der Waals surface area contributed by atoms with Gasteiger partial charge in [-0.05, 0) is 121 Å². The average molecular weight is 752 g/mol. The summed E-state index contributed by atoms with van der Waals surface area (Å²) in [7, 11) is 0. The number of rotatable bonds is 3. The summed E-state index contributed by atoms with van der Waals surface area (Å²) < 4.78 is 8.54. The van der Waals surface area contributed by atoms with Gasteiger partial charge in [0, 0.05) is 21.8 Å². The predicted octanol–water partition coefficient (Wildman–Crippen LogP) is 13.7. The van der Waals surface area contributed by atoms with E-state index < -0.39 is 5.41 Å². The van der Waals surface area contributed by atoms with Gasteiger partial charge >= 0.3 is 5.63 Å². The zero-order valence-corrected chi connectivity index (χ0v) is 31.8. The van der Waals surface area contributed by atoms with E-state index in [0.29, 0.717) is 11.0 Å². The largest absolute Gasteiger partial charge is 0.422 e. The van der Waals surface area contributed by atoms with Crippen molar-refractivity contribution in [2.24, 2.45) is 0 Å². The van der Waals surface area contributed by atoms with Gasteiger partial charge in [0.1, 0.15) is 5.58 Å². The highest BCUT2D eigenvalue weighted by atomic mass is 16.4. The Morgan fingerprint density at radius 1 is 0.373 bits per heavy atom. The third-order valence-electron chi connectivity index (χ3n) is 13.1. The molecule has 0 radical (unpaired) electrons. The van der Waals surface area contributed by atoms with Crippen LogP contribution in [0.2, 0.25) is 0 Å². The van der Waals surface area contributed by atoms with Crippen LogP contribution in [0.3, 0.4) is 0 Å². The molecule has 274 valence electrons. The van der Waals surface area contributed by atoms with Gasteiger partial charge in [-0.15, -0.1) is 0 Å². The van der Waals surface area contributed by atoms with E-state index in [-0.39, 0.29) is 5.63 Å². The van der Waals surface area contributed by atoms with E-state index in [1.807, 2.05) is 12.1 Å². The van der Waals surface area contributed by atoms with E-state index in [1.165, 1.54) is 55.3 Å². The number of hydrogen-bond donors (Lipinski definition) is 0. The van der Waals surface area contributed by atoms with E-state index in [2.05, 4.69) is 193 Å². The van der Waals surface area contributed by atoms with Gasteiger partial charge in [0.05, 0.1) is 21.8 Å². The summed E-state index contributed by atoms with van der Waals surface area (Å²) in [5.41, 5.74) is 17.7. The van der Waals surface area contributed by atoms with E-state index in [1.54, 1.807) is 0 Å². The maximum Gasteiger partial charge on any atom is 0.344 e. The second-order valence-corrected chi connectivity index (χ2v) is 15.9. The highest BCUT2D eigenvalue weighted by molar-refractivity contribution is 6.11. The van der Waals surface area contributed by atoms with Crippen molar-refractivity contribution in [2.75, 3.05) is 0 Å². The van der Waals surface area contributed by atoms with Crippen LogP contribution in [-0.4, -0.2) is 4.57 Å². The Balaban J connectivity index is 0.950. The quantitative estimate of drug-likeness (QED) is 0.133. The number of nitrogens with zero attached hydrogens (tertiary/aromatic N) is 1. The molecule has 2 aliphatic carbocycles. The first-order valence-corrected chi connectivity index (χ1v) is 20.2. The molecule has 0 N–H and O–H groups in total. The number of benzene rings is 9. The Bertz CT molecular complexity index is 3600. The van der Waals surface area contributed by atoms with Crippen LogP contribution < -0.4 is 5.63 Å². The summed E-state index contributed by atoms with van der Waals surface area (Å²) in [4.78, 5) is 14.0. The molecule has 0 aliphatic heterocycles. The van der Waals surface area contributed by atoms with Crippen LogP contribution in [0.15, 0.2) is 209 Å². The van der Waals surface area contributed by atoms with Gasteiger partial charge in [-0.2, -0.15) is 0 Å². The van der Waals surface area contributed by atoms with Crippen molar-refractivity contribution in [3.8, 4) is 50.2 Å². The van der Waals surface area contributed by atoms with E-state index >= 15 is 0 Å². The smallest absolute Gasteiger partial charge is 0.344 e. The lowest BCUT2D eigenvalue weighted by atomic mass is 9.70. The number of fused-ring (bicyclic) bond motifs is 16. The van der Waals surface area contributed by atoms with Crippen molar-refractivity contribution < 1.29 is 4.42 Å². The van der Waals surface area contributed by atoms with E-state index in [4.69, 9.17) is 4.42 Å². The molecule has 0 amide bonds. The van der Waals surface area contributed by atoms with Crippen LogP contribution in [-0.2, 0) is 5.41 Å². The molecule has 0 saturated heterocycles. The highest BCUT2D eigenvalue weighted by Crippen LogP contribution is 2.64. The highest BCUT2D eigenvalue weighted by Gasteiger charge is 2.51. The molecule has 3 nitrogen and oxygen atoms in total. The Morgan fingerprint density at radius 2 is 0.932 bits per heavy atom. The molecule has 13 rings (SSSR count). The standard InChI is InChI=1S/C56H33NO2/c58-55-46-32-34(35-27-30-52-45(31-35)42-17-7-11-24-51(42)57(52)37-13-2-1-3-14-37)25-28-39(46)43-29-26-36(33-53(43)59-55)38-19-12-23-50-54(38)44-18-6-10-22-49(44)56(50)47-20-8-4-15-40(47)41-16-5-9-21-48(41)56/h1-33H. The van der Waals surface area contributed by atoms with Crippen molar-refractivity contribution in [2.45, 2.75) is 5.41 Å². The molecule has 59 heavy (non-hydrogen) atoms. The summed E-state index contributed by atoms with van der Waals surface area (Å²) >= 11 is 0. The molecule has 2 aromatic heterocycles. The lowest BCUT2D eigenvalue weighted by Gasteiger charge is -2.30. The second-order valence-electron chi connectivity index (χ2n) is 15.9. The molecule has 0 bridgehead atoms. The van der Waals surface area contributed by atoms with E-state index in [0.717, 1.165) is 49.7 Å². The molecular weight excluding hydrogens is 719 g/mol. The van der Waals surface area contributed by atoms with Gasteiger partial charge < -0.3 is 8.98 Å². The fourth-order valence-electron chi connectivity index (χ4n) is 10.7. The van der Waals surface area contributed by atoms with Crippen molar-refractivity contribution >= 4 is 43.5 Å². The zero-order valence-electron chi connectivity index (χ0n) is 31.8.